The summed E-state index contributed by atoms with van der Waals surface area (Å²) in [7, 11) is 0. The fourth-order valence-electron chi connectivity index (χ4n) is 1.78. The van der Waals surface area contributed by atoms with Gasteiger partial charge < -0.3 is 0 Å². The largest absolute Gasteiger partial charge is 0.276 e. The number of hydrogen-bond acceptors (Lipinski definition) is 3. The number of halogens is 1. The quantitative estimate of drug-likeness (QED) is 0.726. The molecule has 0 atom stereocenters. The van der Waals surface area contributed by atoms with E-state index < -0.39 is 5.82 Å². The first kappa shape index (κ1) is 10.2. The molecule has 0 saturated heterocycles. The molecule has 1 aliphatic heterocycles. The van der Waals surface area contributed by atoms with Crippen LogP contribution in [0.15, 0.2) is 35.7 Å². The lowest BCUT2D eigenvalue weighted by atomic mass is 10.3. The molecule has 3 nitrogen and oxygen atoms in total. The van der Waals surface area contributed by atoms with Crippen molar-refractivity contribution in [2.24, 2.45) is 0 Å². The Morgan fingerprint density at radius 3 is 2.35 bits per heavy atom. The number of carbonyl (C=O) groups excluding carboxylic acids is 2. The third-order valence-corrected chi connectivity index (χ3v) is 3.48. The number of amides is 2. The van der Waals surface area contributed by atoms with E-state index in [1.165, 1.54) is 35.6 Å². The van der Waals surface area contributed by atoms with Gasteiger partial charge in [-0.15, -0.1) is 11.3 Å². The molecule has 2 heterocycles. The maximum Gasteiger partial charge on any atom is 0.276 e. The van der Waals surface area contributed by atoms with E-state index in [0.29, 0.717) is 16.1 Å². The third-order valence-electron chi connectivity index (χ3n) is 2.58. The van der Waals surface area contributed by atoms with Gasteiger partial charge in [0.25, 0.3) is 11.8 Å². The second kappa shape index (κ2) is 3.49. The minimum Gasteiger partial charge on any atom is -0.268 e. The Morgan fingerprint density at radius 2 is 1.71 bits per heavy atom. The minimum atomic E-state index is -0.400. The highest BCUT2D eigenvalue weighted by Gasteiger charge is 2.37. The highest BCUT2D eigenvalue weighted by molar-refractivity contribution is 7.13. The van der Waals surface area contributed by atoms with Gasteiger partial charge in [-0.25, -0.2) is 9.29 Å². The Kier molecular flexibility index (Phi) is 2.09. The van der Waals surface area contributed by atoms with Crippen LogP contribution in [0.3, 0.4) is 0 Å². The van der Waals surface area contributed by atoms with Crippen LogP contribution in [-0.4, -0.2) is 11.8 Å². The van der Waals surface area contributed by atoms with Crippen molar-refractivity contribution in [1.29, 1.82) is 0 Å². The monoisotopic (exact) mass is 247 g/mol. The summed E-state index contributed by atoms with van der Waals surface area (Å²) in [6.07, 6.45) is 0. The highest BCUT2D eigenvalue weighted by Crippen LogP contribution is 2.31. The van der Waals surface area contributed by atoms with Crippen molar-refractivity contribution in [2.45, 2.75) is 0 Å². The highest BCUT2D eigenvalue weighted by atomic mass is 32.1. The lowest BCUT2D eigenvalue weighted by Gasteiger charge is -2.13. The van der Waals surface area contributed by atoms with Crippen molar-refractivity contribution in [2.75, 3.05) is 4.90 Å². The fourth-order valence-corrected chi connectivity index (χ4v) is 2.60. The van der Waals surface area contributed by atoms with E-state index in [2.05, 4.69) is 0 Å². The smallest absolute Gasteiger partial charge is 0.268 e. The second-order valence-corrected chi connectivity index (χ2v) is 4.50. The molecule has 0 saturated carbocycles. The Hall–Kier alpha value is -2.01. The normalized spacial score (nSPS) is 14.3. The van der Waals surface area contributed by atoms with Crippen molar-refractivity contribution in [3.63, 3.8) is 0 Å². The summed E-state index contributed by atoms with van der Waals surface area (Å²) >= 11 is 1.24. The van der Waals surface area contributed by atoms with Crippen molar-refractivity contribution in [3.05, 3.63) is 52.0 Å². The van der Waals surface area contributed by atoms with Gasteiger partial charge in [-0.2, -0.15) is 0 Å². The zero-order valence-corrected chi connectivity index (χ0v) is 9.33. The molecule has 1 aliphatic rings. The number of thiophene rings is 1. The number of benzene rings is 1. The number of fused-ring (bicyclic) bond motifs is 1. The summed E-state index contributed by atoms with van der Waals surface area (Å²) in [6, 6.07) is 6.91. The molecule has 5 heteroatoms. The molecule has 0 spiro atoms. The van der Waals surface area contributed by atoms with Gasteiger partial charge in [-0.05, 0) is 35.7 Å². The van der Waals surface area contributed by atoms with Crippen LogP contribution >= 0.6 is 11.3 Å². The Labute approximate surface area is 100 Å². The molecule has 2 amide bonds. The Bertz CT molecular complexity index is 587. The van der Waals surface area contributed by atoms with Crippen LogP contribution < -0.4 is 4.90 Å². The fraction of sp³-hybridized carbons (Fsp3) is 0. The van der Waals surface area contributed by atoms with Gasteiger partial charge in [-0.3, -0.25) is 9.59 Å². The zero-order chi connectivity index (χ0) is 12.0. The van der Waals surface area contributed by atoms with Crippen LogP contribution in [0, 0.1) is 5.82 Å². The van der Waals surface area contributed by atoms with E-state index in [1.54, 1.807) is 11.4 Å². The van der Waals surface area contributed by atoms with Gasteiger partial charge >= 0.3 is 0 Å². The van der Waals surface area contributed by atoms with E-state index in [0.717, 1.165) is 4.90 Å². The van der Waals surface area contributed by atoms with E-state index in [1.807, 2.05) is 0 Å². The van der Waals surface area contributed by atoms with Crippen molar-refractivity contribution in [3.8, 4) is 0 Å². The van der Waals surface area contributed by atoms with Gasteiger partial charge in [-0.1, -0.05) is 0 Å². The molecular weight excluding hydrogens is 241 g/mol. The van der Waals surface area contributed by atoms with Crippen LogP contribution in [0.1, 0.15) is 20.0 Å². The zero-order valence-electron chi connectivity index (χ0n) is 8.51. The number of carbonyl (C=O) groups is 2. The maximum atomic E-state index is 12.8. The number of anilines is 1. The molecular formula is C12H6FNO2S. The molecule has 0 N–H and O–H groups in total. The summed E-state index contributed by atoms with van der Waals surface area (Å²) in [6.45, 7) is 0. The standard InChI is InChI=1S/C12H6FNO2S/c13-7-1-3-8(4-2-7)14-11(15)9-5-6-17-10(9)12(14)16/h1-6H. The molecule has 2 aromatic rings. The number of hydrogen-bond donors (Lipinski definition) is 0. The van der Waals surface area contributed by atoms with E-state index in [4.69, 9.17) is 0 Å². The number of nitrogens with zero attached hydrogens (tertiary/aromatic N) is 1. The van der Waals surface area contributed by atoms with Gasteiger partial charge in [0, 0.05) is 0 Å². The average molecular weight is 247 g/mol. The average Bonchev–Trinajstić information content (AvgIpc) is 2.87. The van der Waals surface area contributed by atoms with E-state index >= 15 is 0 Å². The second-order valence-electron chi connectivity index (χ2n) is 3.59. The van der Waals surface area contributed by atoms with Crippen LogP contribution in [0.4, 0.5) is 10.1 Å². The number of rotatable bonds is 1. The summed E-state index contributed by atoms with van der Waals surface area (Å²) in [5, 5.41) is 1.71. The molecule has 84 valence electrons. The van der Waals surface area contributed by atoms with Crippen LogP contribution in [0.5, 0.6) is 0 Å². The first-order valence-electron chi connectivity index (χ1n) is 4.90. The molecule has 0 aliphatic carbocycles. The maximum absolute atomic E-state index is 12.8. The first-order chi connectivity index (χ1) is 8.18. The summed E-state index contributed by atoms with van der Waals surface area (Å²) in [5.41, 5.74) is 0.814. The predicted molar refractivity (Wildman–Crippen MR) is 61.9 cm³/mol. The van der Waals surface area contributed by atoms with Crippen molar-refractivity contribution < 1.29 is 14.0 Å². The molecule has 3 rings (SSSR count). The topological polar surface area (TPSA) is 37.4 Å². The lowest BCUT2D eigenvalue weighted by molar-refractivity contribution is 0.0927. The van der Waals surface area contributed by atoms with Gasteiger partial charge in [0.1, 0.15) is 10.7 Å². The molecule has 17 heavy (non-hydrogen) atoms. The molecule has 1 aromatic carbocycles. The van der Waals surface area contributed by atoms with Crippen molar-refractivity contribution in [1.82, 2.24) is 0 Å². The van der Waals surface area contributed by atoms with Crippen LogP contribution in [0.25, 0.3) is 0 Å². The SMILES string of the molecule is O=C1c2ccsc2C(=O)N1c1ccc(F)cc1. The molecule has 0 unspecified atom stereocenters. The van der Waals surface area contributed by atoms with Crippen LogP contribution in [-0.2, 0) is 0 Å². The van der Waals surface area contributed by atoms with Crippen LogP contribution in [0.2, 0.25) is 0 Å². The van der Waals surface area contributed by atoms with Gasteiger partial charge in [0.15, 0.2) is 0 Å². The van der Waals surface area contributed by atoms with Gasteiger partial charge in [0.05, 0.1) is 11.3 Å². The third kappa shape index (κ3) is 1.39. The lowest BCUT2D eigenvalue weighted by Crippen LogP contribution is -2.29. The number of imide groups is 1. The summed E-state index contributed by atoms with van der Waals surface area (Å²) < 4.78 is 12.8. The molecule has 0 radical (unpaired) electrons. The van der Waals surface area contributed by atoms with Gasteiger partial charge in [0.2, 0.25) is 0 Å². The Balaban J connectivity index is 2.07. The first-order valence-corrected chi connectivity index (χ1v) is 5.78. The molecule has 1 aromatic heterocycles. The predicted octanol–water partition coefficient (Wildman–Crippen LogP) is 2.69. The van der Waals surface area contributed by atoms with E-state index in [9.17, 15) is 14.0 Å². The summed E-state index contributed by atoms with van der Waals surface area (Å²) in [5.74, 6) is -1.09. The molecule has 0 fully saturated rings. The van der Waals surface area contributed by atoms with Crippen molar-refractivity contribution >= 4 is 28.8 Å². The summed E-state index contributed by atoms with van der Waals surface area (Å²) in [4.78, 5) is 25.5. The molecule has 0 bridgehead atoms. The van der Waals surface area contributed by atoms with E-state index in [-0.39, 0.29) is 11.8 Å². The Morgan fingerprint density at radius 1 is 1.00 bits per heavy atom. The minimum absolute atomic E-state index is 0.341.